The molecular formula is C13H15FN2O4. The van der Waals surface area contributed by atoms with Crippen molar-refractivity contribution in [2.45, 2.75) is 18.9 Å². The van der Waals surface area contributed by atoms with Crippen molar-refractivity contribution in [2.24, 2.45) is 5.92 Å². The highest BCUT2D eigenvalue weighted by Crippen LogP contribution is 2.28. The predicted octanol–water partition coefficient (Wildman–Crippen LogP) is 1.58. The second-order valence-electron chi connectivity index (χ2n) is 5.10. The van der Waals surface area contributed by atoms with E-state index in [0.29, 0.717) is 19.4 Å². The molecule has 1 aliphatic carbocycles. The van der Waals surface area contributed by atoms with Gasteiger partial charge in [0.05, 0.1) is 11.0 Å². The Hall–Kier alpha value is -2.02. The third-order valence-electron chi connectivity index (χ3n) is 3.48. The number of aliphatic hydroxyl groups is 1. The number of nitro groups is 1. The van der Waals surface area contributed by atoms with Crippen LogP contribution in [0, 0.1) is 21.8 Å². The fourth-order valence-electron chi connectivity index (χ4n) is 2.33. The van der Waals surface area contributed by atoms with Gasteiger partial charge in [0.2, 0.25) is 5.82 Å². The minimum Gasteiger partial charge on any atom is -0.393 e. The Morgan fingerprint density at radius 1 is 1.55 bits per heavy atom. The van der Waals surface area contributed by atoms with Crippen LogP contribution in [0.2, 0.25) is 0 Å². The lowest BCUT2D eigenvalue weighted by Gasteiger charge is -2.34. The quantitative estimate of drug-likeness (QED) is 0.671. The average Bonchev–Trinajstić information content (AvgIpc) is 2.36. The van der Waals surface area contributed by atoms with Crippen molar-refractivity contribution in [1.82, 2.24) is 4.90 Å². The Labute approximate surface area is 115 Å². The van der Waals surface area contributed by atoms with Crippen LogP contribution in [-0.4, -0.2) is 40.5 Å². The van der Waals surface area contributed by atoms with Crippen LogP contribution in [0.15, 0.2) is 18.2 Å². The van der Waals surface area contributed by atoms with Gasteiger partial charge >= 0.3 is 5.69 Å². The van der Waals surface area contributed by atoms with Crippen molar-refractivity contribution in [1.29, 1.82) is 0 Å². The standard InChI is InChI=1S/C13H15FN2O4/c1-15(7-8-4-10(17)5-8)13(18)9-2-3-11(14)12(6-9)16(19)20/h2-3,6,8,10,17H,4-5,7H2,1H3. The van der Waals surface area contributed by atoms with Gasteiger partial charge in [-0.05, 0) is 30.9 Å². The first-order valence-corrected chi connectivity index (χ1v) is 6.26. The fraction of sp³-hybridized carbons (Fsp3) is 0.462. The van der Waals surface area contributed by atoms with Crippen LogP contribution < -0.4 is 0 Å². The number of carbonyl (C=O) groups excluding carboxylic acids is 1. The summed E-state index contributed by atoms with van der Waals surface area (Å²) in [7, 11) is 1.59. The van der Waals surface area contributed by atoms with Crippen LogP contribution in [0.25, 0.3) is 0 Å². The molecule has 0 bridgehead atoms. The highest BCUT2D eigenvalue weighted by Gasteiger charge is 2.29. The van der Waals surface area contributed by atoms with Crippen LogP contribution >= 0.6 is 0 Å². The molecule has 1 aromatic rings. The Balaban J connectivity index is 2.08. The summed E-state index contributed by atoms with van der Waals surface area (Å²) in [5.74, 6) is -1.11. The first-order chi connectivity index (χ1) is 9.38. The van der Waals surface area contributed by atoms with Crippen molar-refractivity contribution < 1.29 is 19.2 Å². The van der Waals surface area contributed by atoms with E-state index in [-0.39, 0.29) is 17.6 Å². The van der Waals surface area contributed by atoms with E-state index in [9.17, 15) is 24.4 Å². The van der Waals surface area contributed by atoms with Crippen molar-refractivity contribution in [3.8, 4) is 0 Å². The highest BCUT2D eigenvalue weighted by atomic mass is 19.1. The Kier molecular flexibility index (Phi) is 3.99. The third kappa shape index (κ3) is 2.93. The molecule has 1 fully saturated rings. The molecule has 1 amide bonds. The summed E-state index contributed by atoms with van der Waals surface area (Å²) >= 11 is 0. The van der Waals surface area contributed by atoms with E-state index in [1.165, 1.54) is 11.0 Å². The smallest absolute Gasteiger partial charge is 0.305 e. The average molecular weight is 282 g/mol. The van der Waals surface area contributed by atoms with Gasteiger partial charge in [0.1, 0.15) is 0 Å². The Morgan fingerprint density at radius 3 is 2.75 bits per heavy atom. The number of nitrogens with zero attached hydrogens (tertiary/aromatic N) is 2. The monoisotopic (exact) mass is 282 g/mol. The molecule has 20 heavy (non-hydrogen) atoms. The SMILES string of the molecule is CN(CC1CC(O)C1)C(=O)c1ccc(F)c([N+](=O)[O-])c1. The van der Waals surface area contributed by atoms with Gasteiger partial charge in [-0.3, -0.25) is 14.9 Å². The maximum absolute atomic E-state index is 13.2. The summed E-state index contributed by atoms with van der Waals surface area (Å²) in [4.78, 5) is 23.3. The molecule has 7 heteroatoms. The van der Waals surface area contributed by atoms with Crippen LogP contribution in [0.5, 0.6) is 0 Å². The van der Waals surface area contributed by atoms with Crippen LogP contribution in [0.4, 0.5) is 10.1 Å². The maximum Gasteiger partial charge on any atom is 0.305 e. The van der Waals surface area contributed by atoms with E-state index in [0.717, 1.165) is 12.1 Å². The van der Waals surface area contributed by atoms with Gasteiger partial charge in [-0.1, -0.05) is 0 Å². The van der Waals surface area contributed by atoms with E-state index in [4.69, 9.17) is 0 Å². The molecule has 1 saturated carbocycles. The second kappa shape index (κ2) is 5.54. The molecule has 2 rings (SSSR count). The van der Waals surface area contributed by atoms with Gasteiger partial charge in [-0.15, -0.1) is 0 Å². The lowest BCUT2D eigenvalue weighted by atomic mass is 9.82. The van der Waals surface area contributed by atoms with Crippen molar-refractivity contribution in [3.63, 3.8) is 0 Å². The molecule has 0 heterocycles. The van der Waals surface area contributed by atoms with E-state index < -0.39 is 22.3 Å². The summed E-state index contributed by atoms with van der Waals surface area (Å²) in [5.41, 5.74) is -0.621. The third-order valence-corrected chi connectivity index (χ3v) is 3.48. The van der Waals surface area contributed by atoms with Gasteiger partial charge in [-0.25, -0.2) is 0 Å². The minimum atomic E-state index is -0.962. The topological polar surface area (TPSA) is 83.7 Å². The van der Waals surface area contributed by atoms with Crippen molar-refractivity contribution >= 4 is 11.6 Å². The van der Waals surface area contributed by atoms with Crippen molar-refractivity contribution in [3.05, 3.63) is 39.7 Å². The molecule has 0 spiro atoms. The number of benzene rings is 1. The zero-order chi connectivity index (χ0) is 14.9. The van der Waals surface area contributed by atoms with Gasteiger partial charge in [0.15, 0.2) is 0 Å². The predicted molar refractivity (Wildman–Crippen MR) is 68.7 cm³/mol. The number of hydrogen-bond acceptors (Lipinski definition) is 4. The summed E-state index contributed by atoms with van der Waals surface area (Å²) in [5, 5.41) is 19.8. The van der Waals surface area contributed by atoms with Gasteiger partial charge < -0.3 is 10.0 Å². The Bertz CT molecular complexity index is 543. The minimum absolute atomic E-state index is 0.0838. The summed E-state index contributed by atoms with van der Waals surface area (Å²) in [6.45, 7) is 0.473. The molecule has 1 aliphatic rings. The molecular weight excluding hydrogens is 267 g/mol. The maximum atomic E-state index is 13.2. The van der Waals surface area contributed by atoms with Crippen LogP contribution in [0.1, 0.15) is 23.2 Å². The molecule has 1 aromatic carbocycles. The zero-order valence-corrected chi connectivity index (χ0v) is 11.0. The molecule has 0 aliphatic heterocycles. The summed E-state index contributed by atoms with van der Waals surface area (Å²) in [6, 6.07) is 3.10. The highest BCUT2D eigenvalue weighted by molar-refractivity contribution is 5.94. The first kappa shape index (κ1) is 14.4. The number of rotatable bonds is 4. The largest absolute Gasteiger partial charge is 0.393 e. The summed E-state index contributed by atoms with van der Waals surface area (Å²) < 4.78 is 13.2. The number of carbonyl (C=O) groups is 1. The summed E-state index contributed by atoms with van der Waals surface area (Å²) in [6.07, 6.45) is 1.01. The molecule has 0 unspecified atom stereocenters. The van der Waals surface area contributed by atoms with E-state index >= 15 is 0 Å². The molecule has 0 saturated heterocycles. The number of amides is 1. The molecule has 6 nitrogen and oxygen atoms in total. The van der Waals surface area contributed by atoms with E-state index in [1.807, 2.05) is 0 Å². The molecule has 1 N–H and O–H groups in total. The number of hydrogen-bond donors (Lipinski definition) is 1. The van der Waals surface area contributed by atoms with E-state index in [1.54, 1.807) is 7.05 Å². The van der Waals surface area contributed by atoms with Crippen LogP contribution in [0.3, 0.4) is 0 Å². The molecule has 0 atom stereocenters. The van der Waals surface area contributed by atoms with E-state index in [2.05, 4.69) is 0 Å². The van der Waals surface area contributed by atoms with Crippen LogP contribution in [-0.2, 0) is 0 Å². The van der Waals surface area contributed by atoms with Crippen molar-refractivity contribution in [2.75, 3.05) is 13.6 Å². The number of aliphatic hydroxyl groups excluding tert-OH is 1. The number of halogens is 1. The molecule has 108 valence electrons. The Morgan fingerprint density at radius 2 is 2.20 bits per heavy atom. The van der Waals surface area contributed by atoms with Gasteiger partial charge in [-0.2, -0.15) is 4.39 Å². The molecule has 0 radical (unpaired) electrons. The van der Waals surface area contributed by atoms with Gasteiger partial charge in [0, 0.05) is 25.2 Å². The normalized spacial score (nSPS) is 21.1. The molecule has 0 aromatic heterocycles. The second-order valence-corrected chi connectivity index (χ2v) is 5.10. The number of nitro benzene ring substituents is 1. The van der Waals surface area contributed by atoms with Gasteiger partial charge in [0.25, 0.3) is 5.91 Å². The lowest BCUT2D eigenvalue weighted by molar-refractivity contribution is -0.387. The lowest BCUT2D eigenvalue weighted by Crippen LogP contribution is -2.39. The zero-order valence-electron chi connectivity index (χ0n) is 11.0. The fourth-order valence-corrected chi connectivity index (χ4v) is 2.33. The first-order valence-electron chi connectivity index (χ1n) is 6.26.